The zero-order chi connectivity index (χ0) is 12.5. The first-order valence-electron chi connectivity index (χ1n) is 5.25. The predicted octanol–water partition coefficient (Wildman–Crippen LogP) is 1.84. The third kappa shape index (κ3) is 1.95. The van der Waals surface area contributed by atoms with Crippen molar-refractivity contribution in [1.82, 2.24) is 19.7 Å². The number of fused-ring (bicyclic) bond motifs is 1. The van der Waals surface area contributed by atoms with Gasteiger partial charge in [0.1, 0.15) is 12.7 Å². The van der Waals surface area contributed by atoms with Crippen molar-refractivity contribution in [3.05, 3.63) is 30.9 Å². The Morgan fingerprint density at radius 3 is 2.83 bits per heavy atom. The molecule has 1 amide bonds. The van der Waals surface area contributed by atoms with Crippen LogP contribution in [0.5, 0.6) is 0 Å². The van der Waals surface area contributed by atoms with Gasteiger partial charge in [0.2, 0.25) is 5.91 Å². The minimum atomic E-state index is -0.118. The Morgan fingerprint density at radius 1 is 1.33 bits per heavy atom. The molecule has 0 saturated heterocycles. The van der Waals surface area contributed by atoms with E-state index < -0.39 is 0 Å². The van der Waals surface area contributed by atoms with E-state index in [0.717, 1.165) is 15.9 Å². The maximum absolute atomic E-state index is 11.0. The fraction of sp³-hybridized carbons (Fsp3) is 0.0909. The number of benzene rings is 1. The largest absolute Gasteiger partial charge is 0.302 e. The monoisotopic (exact) mass is 259 g/mol. The van der Waals surface area contributed by atoms with Crippen LogP contribution in [0.3, 0.4) is 0 Å². The van der Waals surface area contributed by atoms with Crippen LogP contribution in [0, 0.1) is 0 Å². The number of nitrogens with one attached hydrogen (secondary N) is 1. The van der Waals surface area contributed by atoms with Crippen LogP contribution in [0.1, 0.15) is 6.92 Å². The summed E-state index contributed by atoms with van der Waals surface area (Å²) in [6.45, 7) is 1.47. The van der Waals surface area contributed by atoms with Crippen molar-refractivity contribution in [2.45, 2.75) is 6.92 Å². The molecule has 0 saturated carbocycles. The van der Waals surface area contributed by atoms with Gasteiger partial charge in [-0.15, -0.1) is 10.2 Å². The first kappa shape index (κ1) is 10.8. The number of thiazole rings is 1. The van der Waals surface area contributed by atoms with E-state index in [2.05, 4.69) is 20.5 Å². The number of carbonyl (C=O) groups excluding carboxylic acids is 1. The fourth-order valence-corrected chi connectivity index (χ4v) is 2.56. The molecule has 0 bridgehead atoms. The van der Waals surface area contributed by atoms with Gasteiger partial charge >= 0.3 is 0 Å². The van der Waals surface area contributed by atoms with Crippen LogP contribution >= 0.6 is 11.3 Å². The Balaban J connectivity index is 2.04. The molecule has 0 fully saturated rings. The van der Waals surface area contributed by atoms with Gasteiger partial charge < -0.3 is 5.32 Å². The summed E-state index contributed by atoms with van der Waals surface area (Å²) in [5.74, 6) is -0.118. The Kier molecular flexibility index (Phi) is 2.52. The lowest BCUT2D eigenvalue weighted by Crippen LogP contribution is -2.04. The zero-order valence-electron chi connectivity index (χ0n) is 9.49. The van der Waals surface area contributed by atoms with Crippen molar-refractivity contribution in [3.63, 3.8) is 0 Å². The molecule has 0 atom stereocenters. The van der Waals surface area contributed by atoms with Gasteiger partial charge in [0.15, 0.2) is 5.13 Å². The zero-order valence-corrected chi connectivity index (χ0v) is 10.3. The molecule has 1 N–H and O–H groups in total. The maximum Gasteiger partial charge on any atom is 0.223 e. The highest BCUT2D eigenvalue weighted by Gasteiger charge is 2.06. The summed E-state index contributed by atoms with van der Waals surface area (Å²) >= 11 is 1.44. The van der Waals surface area contributed by atoms with Crippen molar-refractivity contribution >= 4 is 32.6 Å². The van der Waals surface area contributed by atoms with Gasteiger partial charge in [0.05, 0.1) is 10.2 Å². The van der Waals surface area contributed by atoms with Crippen molar-refractivity contribution in [3.8, 4) is 5.69 Å². The summed E-state index contributed by atoms with van der Waals surface area (Å²) < 4.78 is 2.82. The van der Waals surface area contributed by atoms with Gasteiger partial charge in [-0.05, 0) is 18.2 Å². The van der Waals surface area contributed by atoms with Gasteiger partial charge in [-0.3, -0.25) is 9.36 Å². The maximum atomic E-state index is 11.0. The molecule has 90 valence electrons. The number of nitrogens with zero attached hydrogens (tertiary/aromatic N) is 4. The van der Waals surface area contributed by atoms with Crippen molar-refractivity contribution in [1.29, 1.82) is 0 Å². The molecule has 2 heterocycles. The first-order chi connectivity index (χ1) is 8.72. The Morgan fingerprint density at radius 2 is 2.11 bits per heavy atom. The fourth-order valence-electron chi connectivity index (χ4n) is 1.61. The van der Waals surface area contributed by atoms with E-state index in [1.807, 2.05) is 22.8 Å². The minimum Gasteiger partial charge on any atom is -0.302 e. The number of amides is 1. The summed E-state index contributed by atoms with van der Waals surface area (Å²) in [4.78, 5) is 15.3. The lowest BCUT2D eigenvalue weighted by molar-refractivity contribution is -0.114. The van der Waals surface area contributed by atoms with Crippen molar-refractivity contribution in [2.24, 2.45) is 0 Å². The van der Waals surface area contributed by atoms with Crippen LogP contribution in [-0.4, -0.2) is 25.7 Å². The number of hydrogen-bond acceptors (Lipinski definition) is 5. The van der Waals surface area contributed by atoms with Gasteiger partial charge in [0, 0.05) is 12.6 Å². The summed E-state index contributed by atoms with van der Waals surface area (Å²) in [6.07, 6.45) is 3.27. The topological polar surface area (TPSA) is 72.7 Å². The van der Waals surface area contributed by atoms with E-state index in [1.54, 1.807) is 12.7 Å². The Labute approximate surface area is 106 Å². The second kappa shape index (κ2) is 4.19. The van der Waals surface area contributed by atoms with Crippen molar-refractivity contribution in [2.75, 3.05) is 5.32 Å². The lowest BCUT2D eigenvalue weighted by atomic mass is 10.3. The van der Waals surface area contributed by atoms with Crippen LogP contribution in [0.2, 0.25) is 0 Å². The molecule has 3 rings (SSSR count). The standard InChI is InChI=1S/C11H9N5OS/c1-7(17)14-11-15-9-3-2-8(4-10(9)18-11)16-5-12-13-6-16/h2-6H,1H3,(H,14,15,17). The van der Waals surface area contributed by atoms with E-state index in [9.17, 15) is 4.79 Å². The first-order valence-corrected chi connectivity index (χ1v) is 6.07. The van der Waals surface area contributed by atoms with Crippen molar-refractivity contribution < 1.29 is 4.79 Å². The van der Waals surface area contributed by atoms with Gasteiger partial charge in [-0.1, -0.05) is 11.3 Å². The molecule has 0 radical (unpaired) electrons. The second-order valence-corrected chi connectivity index (χ2v) is 4.75. The van der Waals surface area contributed by atoms with E-state index in [4.69, 9.17) is 0 Å². The number of aromatic nitrogens is 4. The molecule has 3 aromatic rings. The van der Waals surface area contributed by atoms with Crippen LogP contribution in [-0.2, 0) is 4.79 Å². The molecule has 0 aliphatic carbocycles. The Hall–Kier alpha value is -2.28. The number of carbonyl (C=O) groups is 1. The highest BCUT2D eigenvalue weighted by atomic mass is 32.1. The summed E-state index contributed by atoms with van der Waals surface area (Å²) in [6, 6.07) is 5.83. The molecular weight excluding hydrogens is 250 g/mol. The minimum absolute atomic E-state index is 0.118. The average Bonchev–Trinajstić information content (AvgIpc) is 2.94. The molecule has 18 heavy (non-hydrogen) atoms. The van der Waals surface area contributed by atoms with Crippen LogP contribution in [0.15, 0.2) is 30.9 Å². The van der Waals surface area contributed by atoms with Gasteiger partial charge in [-0.2, -0.15) is 0 Å². The van der Waals surface area contributed by atoms with Crippen LogP contribution in [0.25, 0.3) is 15.9 Å². The Bertz CT molecular complexity index is 703. The van der Waals surface area contributed by atoms with Gasteiger partial charge in [0.25, 0.3) is 0 Å². The number of rotatable bonds is 2. The quantitative estimate of drug-likeness (QED) is 0.762. The summed E-state index contributed by atoms with van der Waals surface area (Å²) in [7, 11) is 0. The molecule has 0 unspecified atom stereocenters. The number of anilines is 1. The molecule has 6 nitrogen and oxygen atoms in total. The second-order valence-electron chi connectivity index (χ2n) is 3.72. The number of hydrogen-bond donors (Lipinski definition) is 1. The SMILES string of the molecule is CC(=O)Nc1nc2ccc(-n3cnnc3)cc2s1. The van der Waals surface area contributed by atoms with E-state index in [-0.39, 0.29) is 5.91 Å². The van der Waals surface area contributed by atoms with E-state index in [0.29, 0.717) is 5.13 Å². The summed E-state index contributed by atoms with van der Waals surface area (Å²) in [5, 5.41) is 10.8. The van der Waals surface area contributed by atoms with Crippen LogP contribution < -0.4 is 5.32 Å². The highest BCUT2D eigenvalue weighted by Crippen LogP contribution is 2.27. The smallest absolute Gasteiger partial charge is 0.223 e. The third-order valence-electron chi connectivity index (χ3n) is 2.37. The lowest BCUT2D eigenvalue weighted by Gasteiger charge is -1.99. The molecule has 2 aromatic heterocycles. The molecule has 0 aliphatic rings. The molecule has 1 aromatic carbocycles. The van der Waals surface area contributed by atoms with Crippen LogP contribution in [0.4, 0.5) is 5.13 Å². The highest BCUT2D eigenvalue weighted by molar-refractivity contribution is 7.22. The summed E-state index contributed by atoms with van der Waals surface area (Å²) in [5.41, 5.74) is 1.83. The average molecular weight is 259 g/mol. The molecular formula is C11H9N5OS. The molecule has 7 heteroatoms. The molecule has 0 spiro atoms. The third-order valence-corrected chi connectivity index (χ3v) is 3.31. The normalized spacial score (nSPS) is 10.7. The van der Waals surface area contributed by atoms with E-state index in [1.165, 1.54) is 18.3 Å². The molecule has 0 aliphatic heterocycles. The predicted molar refractivity (Wildman–Crippen MR) is 68.8 cm³/mol. The van der Waals surface area contributed by atoms with E-state index >= 15 is 0 Å². The van der Waals surface area contributed by atoms with Gasteiger partial charge in [-0.25, -0.2) is 4.98 Å².